The van der Waals surface area contributed by atoms with Crippen LogP contribution in [0.4, 0.5) is 0 Å². The minimum absolute atomic E-state index is 0. The second-order valence-electron chi connectivity index (χ2n) is 6.04. The molecule has 2 atom stereocenters. The van der Waals surface area contributed by atoms with Gasteiger partial charge in [-0.2, -0.15) is 0 Å². The quantitative estimate of drug-likeness (QED) is 0.846. The second kappa shape index (κ2) is 10.9. The summed E-state index contributed by atoms with van der Waals surface area (Å²) in [5.41, 5.74) is 7.07. The highest BCUT2D eigenvalue weighted by Crippen LogP contribution is 2.20. The van der Waals surface area contributed by atoms with Crippen LogP contribution in [0.3, 0.4) is 0 Å². The van der Waals surface area contributed by atoms with Crippen LogP contribution >= 0.6 is 24.8 Å². The molecule has 0 aromatic heterocycles. The van der Waals surface area contributed by atoms with Gasteiger partial charge in [-0.25, -0.2) is 0 Å². The third-order valence-corrected chi connectivity index (χ3v) is 4.18. The smallest absolute Gasteiger partial charge is 0.239 e. The van der Waals surface area contributed by atoms with Gasteiger partial charge in [0.1, 0.15) is 0 Å². The number of halogens is 2. The zero-order chi connectivity index (χ0) is 15.2. The molecule has 1 aromatic carbocycles. The third kappa shape index (κ3) is 6.68. The van der Waals surface area contributed by atoms with E-state index >= 15 is 0 Å². The van der Waals surface area contributed by atoms with Gasteiger partial charge in [0.15, 0.2) is 0 Å². The first-order valence-corrected chi connectivity index (χ1v) is 7.90. The fraction of sp³-hybridized carbons (Fsp3) is 0.588. The number of carbonyl (C=O) groups is 1. The number of likely N-dealkylation sites (tertiary alicyclic amines) is 1. The van der Waals surface area contributed by atoms with E-state index in [4.69, 9.17) is 5.73 Å². The van der Waals surface area contributed by atoms with E-state index in [2.05, 4.69) is 35.2 Å². The molecule has 0 aliphatic carbocycles. The van der Waals surface area contributed by atoms with Crippen molar-refractivity contribution in [3.05, 3.63) is 35.9 Å². The van der Waals surface area contributed by atoms with Crippen LogP contribution in [0.25, 0.3) is 0 Å². The van der Waals surface area contributed by atoms with E-state index in [1.807, 2.05) is 11.8 Å². The fourth-order valence-corrected chi connectivity index (χ4v) is 3.02. The van der Waals surface area contributed by atoms with Gasteiger partial charge < -0.3 is 10.6 Å². The summed E-state index contributed by atoms with van der Waals surface area (Å²) in [7, 11) is 0. The van der Waals surface area contributed by atoms with Crippen molar-refractivity contribution in [3.8, 4) is 0 Å². The van der Waals surface area contributed by atoms with E-state index < -0.39 is 6.04 Å². The lowest BCUT2D eigenvalue weighted by Gasteiger charge is -2.26. The Kier molecular flexibility index (Phi) is 10.5. The lowest BCUT2D eigenvalue weighted by Crippen LogP contribution is -2.44. The van der Waals surface area contributed by atoms with E-state index in [-0.39, 0.29) is 30.7 Å². The van der Waals surface area contributed by atoms with Crippen molar-refractivity contribution in [2.24, 2.45) is 11.7 Å². The Morgan fingerprint density at radius 3 is 2.57 bits per heavy atom. The average molecular weight is 362 g/mol. The summed E-state index contributed by atoms with van der Waals surface area (Å²) in [6, 6.07) is 10.2. The van der Waals surface area contributed by atoms with Crippen LogP contribution in [-0.2, 0) is 11.3 Å². The minimum Gasteiger partial charge on any atom is -0.341 e. The maximum atomic E-state index is 12.0. The molecule has 2 unspecified atom stereocenters. The standard InChI is InChI=1S/C17H27N3O.2ClH/c1-3-20(17(21)14(2)18)13-16-9-10-19(12-16)11-15-7-5-4-6-8-15;;/h4-8,14,16H,3,9-13,18H2,1-2H3;2*1H. The molecule has 6 heteroatoms. The van der Waals surface area contributed by atoms with Gasteiger partial charge in [0.05, 0.1) is 6.04 Å². The Hall–Kier alpha value is -0.810. The molecular weight excluding hydrogens is 333 g/mol. The number of carbonyl (C=O) groups excluding carboxylic acids is 1. The predicted molar refractivity (Wildman–Crippen MR) is 100 cm³/mol. The van der Waals surface area contributed by atoms with Crippen molar-refractivity contribution in [2.75, 3.05) is 26.2 Å². The molecule has 0 radical (unpaired) electrons. The molecule has 2 N–H and O–H groups in total. The molecule has 4 nitrogen and oxygen atoms in total. The highest BCUT2D eigenvalue weighted by molar-refractivity contribution is 5.85. The summed E-state index contributed by atoms with van der Waals surface area (Å²) < 4.78 is 0. The van der Waals surface area contributed by atoms with E-state index in [1.54, 1.807) is 6.92 Å². The SMILES string of the molecule is CCN(CC1CCN(Cc2ccccc2)C1)C(=O)C(C)N.Cl.Cl. The molecule has 1 aliphatic heterocycles. The first-order chi connectivity index (χ1) is 10.1. The second-order valence-corrected chi connectivity index (χ2v) is 6.04. The van der Waals surface area contributed by atoms with Gasteiger partial charge in [0.2, 0.25) is 5.91 Å². The van der Waals surface area contributed by atoms with E-state index in [1.165, 1.54) is 5.56 Å². The zero-order valence-electron chi connectivity index (χ0n) is 14.0. The lowest BCUT2D eigenvalue weighted by molar-refractivity contribution is -0.132. The van der Waals surface area contributed by atoms with Gasteiger partial charge in [-0.15, -0.1) is 24.8 Å². The topological polar surface area (TPSA) is 49.6 Å². The van der Waals surface area contributed by atoms with Gasteiger partial charge in [-0.3, -0.25) is 9.69 Å². The fourth-order valence-electron chi connectivity index (χ4n) is 3.02. The summed E-state index contributed by atoms with van der Waals surface area (Å²) in [6.07, 6.45) is 1.16. The van der Waals surface area contributed by atoms with Crippen LogP contribution in [-0.4, -0.2) is 47.9 Å². The lowest BCUT2D eigenvalue weighted by atomic mass is 10.1. The van der Waals surface area contributed by atoms with Crippen molar-refractivity contribution in [3.63, 3.8) is 0 Å². The van der Waals surface area contributed by atoms with E-state index in [9.17, 15) is 4.79 Å². The Labute approximate surface area is 152 Å². The van der Waals surface area contributed by atoms with Gasteiger partial charge in [-0.1, -0.05) is 30.3 Å². The zero-order valence-corrected chi connectivity index (χ0v) is 15.6. The summed E-state index contributed by atoms with van der Waals surface area (Å²) in [6.45, 7) is 8.56. The molecule has 1 aromatic rings. The molecule has 23 heavy (non-hydrogen) atoms. The summed E-state index contributed by atoms with van der Waals surface area (Å²) in [5, 5.41) is 0. The van der Waals surface area contributed by atoms with Gasteiger partial charge in [-0.05, 0) is 38.3 Å². The molecule has 2 rings (SSSR count). The predicted octanol–water partition coefficient (Wildman–Crippen LogP) is 2.55. The number of likely N-dealkylation sites (N-methyl/N-ethyl adjacent to an activating group) is 1. The number of nitrogens with two attached hydrogens (primary N) is 1. The minimum atomic E-state index is -0.397. The average Bonchev–Trinajstić information content (AvgIpc) is 2.92. The Morgan fingerprint density at radius 1 is 1.35 bits per heavy atom. The molecule has 132 valence electrons. The molecule has 0 bridgehead atoms. The molecule has 0 saturated carbocycles. The molecular formula is C17H29Cl2N3O. The molecule has 1 heterocycles. The highest BCUT2D eigenvalue weighted by Gasteiger charge is 2.26. The maximum Gasteiger partial charge on any atom is 0.239 e. The number of hydrogen-bond acceptors (Lipinski definition) is 3. The van der Waals surface area contributed by atoms with Crippen molar-refractivity contribution < 1.29 is 4.79 Å². The number of hydrogen-bond donors (Lipinski definition) is 1. The van der Waals surface area contributed by atoms with Gasteiger partial charge >= 0.3 is 0 Å². The van der Waals surface area contributed by atoms with Crippen LogP contribution in [0.5, 0.6) is 0 Å². The number of benzene rings is 1. The third-order valence-electron chi connectivity index (χ3n) is 4.18. The van der Waals surface area contributed by atoms with Crippen LogP contribution in [0, 0.1) is 5.92 Å². The summed E-state index contributed by atoms with van der Waals surface area (Å²) >= 11 is 0. The van der Waals surface area contributed by atoms with E-state index in [0.717, 1.165) is 39.1 Å². The molecule has 1 amide bonds. The number of rotatable bonds is 6. The largest absolute Gasteiger partial charge is 0.341 e. The van der Waals surface area contributed by atoms with Crippen molar-refractivity contribution in [2.45, 2.75) is 32.9 Å². The van der Waals surface area contributed by atoms with Gasteiger partial charge in [0.25, 0.3) is 0 Å². The summed E-state index contributed by atoms with van der Waals surface area (Å²) in [4.78, 5) is 16.4. The van der Waals surface area contributed by atoms with Crippen molar-refractivity contribution in [1.82, 2.24) is 9.80 Å². The first kappa shape index (κ1) is 22.2. The van der Waals surface area contributed by atoms with Crippen LogP contribution < -0.4 is 5.73 Å². The molecule has 0 spiro atoms. The van der Waals surface area contributed by atoms with Crippen LogP contribution in [0.15, 0.2) is 30.3 Å². The normalized spacial score (nSPS) is 18.7. The van der Waals surface area contributed by atoms with Crippen LogP contribution in [0.2, 0.25) is 0 Å². The monoisotopic (exact) mass is 361 g/mol. The number of amides is 1. The van der Waals surface area contributed by atoms with Gasteiger partial charge in [0, 0.05) is 26.2 Å². The molecule has 1 aliphatic rings. The Morgan fingerprint density at radius 2 is 2.00 bits per heavy atom. The highest BCUT2D eigenvalue weighted by atomic mass is 35.5. The Balaban J connectivity index is 0.00000242. The number of nitrogens with zero attached hydrogens (tertiary/aromatic N) is 2. The molecule has 1 saturated heterocycles. The molecule has 1 fully saturated rings. The Bertz CT molecular complexity index is 456. The maximum absolute atomic E-state index is 12.0. The summed E-state index contributed by atoms with van der Waals surface area (Å²) in [5.74, 6) is 0.635. The first-order valence-electron chi connectivity index (χ1n) is 7.90. The van der Waals surface area contributed by atoms with Crippen LogP contribution in [0.1, 0.15) is 25.8 Å². The van der Waals surface area contributed by atoms with E-state index in [0.29, 0.717) is 5.92 Å². The van der Waals surface area contributed by atoms with Crippen molar-refractivity contribution in [1.29, 1.82) is 0 Å². The van der Waals surface area contributed by atoms with Crippen molar-refractivity contribution >= 4 is 30.7 Å².